The summed E-state index contributed by atoms with van der Waals surface area (Å²) >= 11 is 0. The van der Waals surface area contributed by atoms with Gasteiger partial charge in [-0.05, 0) is 38.5 Å². The normalized spacial score (nSPS) is 23.2. The van der Waals surface area contributed by atoms with Crippen molar-refractivity contribution in [1.82, 2.24) is 20.2 Å². The summed E-state index contributed by atoms with van der Waals surface area (Å²) in [6.07, 6.45) is 6.58. The zero-order valence-electron chi connectivity index (χ0n) is 13.8. The Kier molecular flexibility index (Phi) is 3.86. The van der Waals surface area contributed by atoms with Crippen molar-refractivity contribution in [3.8, 4) is 0 Å². The second-order valence-electron chi connectivity index (χ2n) is 7.12. The van der Waals surface area contributed by atoms with Crippen LogP contribution in [0.3, 0.4) is 0 Å². The molecule has 2 fully saturated rings. The van der Waals surface area contributed by atoms with Gasteiger partial charge in [0, 0.05) is 42.7 Å². The minimum absolute atomic E-state index is 0.164. The summed E-state index contributed by atoms with van der Waals surface area (Å²) in [6.45, 7) is 1.26. The summed E-state index contributed by atoms with van der Waals surface area (Å²) < 4.78 is 0. The van der Waals surface area contributed by atoms with E-state index in [2.05, 4.69) is 15.3 Å². The van der Waals surface area contributed by atoms with Gasteiger partial charge >= 0.3 is 0 Å². The highest BCUT2D eigenvalue weighted by atomic mass is 16.2. The highest BCUT2D eigenvalue weighted by Crippen LogP contribution is 2.32. The predicted molar refractivity (Wildman–Crippen MR) is 88.3 cm³/mol. The molecule has 24 heavy (non-hydrogen) atoms. The lowest BCUT2D eigenvalue weighted by Crippen LogP contribution is -2.33. The van der Waals surface area contributed by atoms with Gasteiger partial charge in [-0.3, -0.25) is 9.59 Å². The van der Waals surface area contributed by atoms with Gasteiger partial charge in [0.2, 0.25) is 11.9 Å². The van der Waals surface area contributed by atoms with Crippen molar-refractivity contribution in [3.63, 3.8) is 0 Å². The zero-order chi connectivity index (χ0) is 16.7. The molecule has 1 atom stereocenters. The van der Waals surface area contributed by atoms with E-state index in [1.165, 1.54) is 0 Å². The number of rotatable bonds is 4. The summed E-state index contributed by atoms with van der Waals surface area (Å²) in [6, 6.07) is 0.451. The second kappa shape index (κ2) is 6.03. The van der Waals surface area contributed by atoms with Crippen LogP contribution in [0.4, 0.5) is 5.95 Å². The first kappa shape index (κ1) is 15.4. The first-order chi connectivity index (χ1) is 11.6. The third-order valence-electron chi connectivity index (χ3n) is 5.19. The number of nitrogens with one attached hydrogen (secondary N) is 1. The van der Waals surface area contributed by atoms with Gasteiger partial charge < -0.3 is 16.0 Å². The van der Waals surface area contributed by atoms with Crippen LogP contribution in [-0.4, -0.2) is 45.8 Å². The molecule has 2 aliphatic carbocycles. The van der Waals surface area contributed by atoms with E-state index < -0.39 is 0 Å². The molecule has 1 aromatic rings. The Balaban J connectivity index is 1.42. The van der Waals surface area contributed by atoms with Crippen molar-refractivity contribution < 1.29 is 9.59 Å². The Morgan fingerprint density at radius 1 is 1.25 bits per heavy atom. The number of carbonyl (C=O) groups excluding carboxylic acids is 2. The van der Waals surface area contributed by atoms with Gasteiger partial charge in [-0.15, -0.1) is 0 Å². The molecule has 7 nitrogen and oxygen atoms in total. The number of aromatic nitrogens is 2. The average Bonchev–Trinajstić information content (AvgIpc) is 3.35. The van der Waals surface area contributed by atoms with Crippen LogP contribution in [0, 0.1) is 5.92 Å². The first-order valence-electron chi connectivity index (χ1n) is 8.84. The van der Waals surface area contributed by atoms with E-state index in [9.17, 15) is 9.59 Å². The van der Waals surface area contributed by atoms with Gasteiger partial charge in [0.1, 0.15) is 5.69 Å². The molecule has 1 aromatic heterocycles. The van der Waals surface area contributed by atoms with Gasteiger partial charge in [0.05, 0.1) is 0 Å². The molecule has 0 aromatic carbocycles. The molecule has 4 rings (SSSR count). The Morgan fingerprint density at radius 3 is 2.83 bits per heavy atom. The van der Waals surface area contributed by atoms with E-state index in [-0.39, 0.29) is 23.7 Å². The van der Waals surface area contributed by atoms with Crippen LogP contribution in [-0.2, 0) is 17.6 Å². The summed E-state index contributed by atoms with van der Waals surface area (Å²) in [5, 5.41) is 2.96. The molecule has 2 amide bonds. The number of nitrogens with two attached hydrogens (primary N) is 1. The topological polar surface area (TPSA) is 101 Å². The van der Waals surface area contributed by atoms with Crippen molar-refractivity contribution in [1.29, 1.82) is 0 Å². The molecule has 0 spiro atoms. The lowest BCUT2D eigenvalue weighted by molar-refractivity contribution is -0.128. The minimum atomic E-state index is -0.195. The van der Waals surface area contributed by atoms with Gasteiger partial charge in [-0.25, -0.2) is 9.97 Å². The lowest BCUT2D eigenvalue weighted by Gasteiger charge is -2.19. The van der Waals surface area contributed by atoms with E-state index in [0.29, 0.717) is 24.7 Å². The van der Waals surface area contributed by atoms with Crippen LogP contribution in [0.5, 0.6) is 0 Å². The van der Waals surface area contributed by atoms with E-state index in [1.54, 1.807) is 0 Å². The van der Waals surface area contributed by atoms with E-state index in [1.807, 2.05) is 4.90 Å². The van der Waals surface area contributed by atoms with Crippen LogP contribution in [0.1, 0.15) is 53.8 Å². The zero-order valence-corrected chi connectivity index (χ0v) is 13.8. The molecule has 3 aliphatic rings. The van der Waals surface area contributed by atoms with Crippen LogP contribution < -0.4 is 11.1 Å². The van der Waals surface area contributed by atoms with Gasteiger partial charge in [0.15, 0.2) is 0 Å². The van der Waals surface area contributed by atoms with Gasteiger partial charge in [-0.2, -0.15) is 0 Å². The smallest absolute Gasteiger partial charge is 0.270 e. The maximum Gasteiger partial charge on any atom is 0.270 e. The summed E-state index contributed by atoms with van der Waals surface area (Å²) in [5.41, 5.74) is 8.03. The maximum atomic E-state index is 12.6. The number of anilines is 1. The van der Waals surface area contributed by atoms with Gasteiger partial charge in [0.25, 0.3) is 5.91 Å². The molecule has 0 unspecified atom stereocenters. The van der Waals surface area contributed by atoms with Crippen LogP contribution in [0.2, 0.25) is 0 Å². The average molecular weight is 329 g/mol. The summed E-state index contributed by atoms with van der Waals surface area (Å²) in [7, 11) is 0. The fourth-order valence-electron chi connectivity index (χ4n) is 3.81. The molecule has 0 bridgehead atoms. The van der Waals surface area contributed by atoms with Crippen LogP contribution >= 0.6 is 0 Å². The summed E-state index contributed by atoms with van der Waals surface area (Å²) in [4.78, 5) is 35.0. The van der Waals surface area contributed by atoms with Crippen molar-refractivity contribution >= 4 is 17.8 Å². The highest BCUT2D eigenvalue weighted by molar-refractivity contribution is 5.94. The molecular weight excluding hydrogens is 306 g/mol. The second-order valence-corrected chi connectivity index (χ2v) is 7.12. The third-order valence-corrected chi connectivity index (χ3v) is 5.19. The van der Waals surface area contributed by atoms with Crippen molar-refractivity contribution in [2.75, 3.05) is 18.8 Å². The standard InChI is InChI=1S/C17H23N5O2/c18-17-20-13-4-2-1-3-12(13)15(21-17)16(24)19-8-10-7-14(23)22(9-10)11-5-6-11/h10-11H,1-9H2,(H,19,24)(H2,18,20,21)/t10-/m1/s1. The number of aryl methyl sites for hydroxylation is 1. The molecule has 7 heteroatoms. The Labute approximate surface area is 141 Å². The molecule has 1 aliphatic heterocycles. The number of likely N-dealkylation sites (tertiary alicyclic amines) is 1. The van der Waals surface area contributed by atoms with E-state index in [4.69, 9.17) is 5.73 Å². The maximum absolute atomic E-state index is 12.6. The third kappa shape index (κ3) is 2.95. The predicted octanol–water partition coefficient (Wildman–Crippen LogP) is 0.678. The molecule has 1 saturated carbocycles. The molecule has 128 valence electrons. The quantitative estimate of drug-likeness (QED) is 0.846. The van der Waals surface area contributed by atoms with Gasteiger partial charge in [-0.1, -0.05) is 0 Å². The van der Waals surface area contributed by atoms with Crippen LogP contribution in [0.15, 0.2) is 0 Å². The molecule has 0 radical (unpaired) electrons. The summed E-state index contributed by atoms with van der Waals surface area (Å²) in [5.74, 6) is 0.383. The first-order valence-corrected chi connectivity index (χ1v) is 8.84. The fraction of sp³-hybridized carbons (Fsp3) is 0.647. The molecule has 3 N–H and O–H groups in total. The Bertz CT molecular complexity index is 686. The number of nitrogens with zero attached hydrogens (tertiary/aromatic N) is 3. The number of hydrogen-bond donors (Lipinski definition) is 2. The van der Waals surface area contributed by atoms with E-state index >= 15 is 0 Å². The van der Waals surface area contributed by atoms with Crippen molar-refractivity contribution in [2.24, 2.45) is 5.92 Å². The Morgan fingerprint density at radius 2 is 2.04 bits per heavy atom. The minimum Gasteiger partial charge on any atom is -0.368 e. The largest absolute Gasteiger partial charge is 0.368 e. The molecular formula is C17H23N5O2. The SMILES string of the molecule is Nc1nc2c(c(C(=O)NC[C@H]3CC(=O)N(C4CC4)C3)n1)CCCC2. The number of nitrogen functional groups attached to an aromatic ring is 1. The molecule has 2 heterocycles. The van der Waals surface area contributed by atoms with E-state index in [0.717, 1.165) is 56.3 Å². The molecule has 1 saturated heterocycles. The number of fused-ring (bicyclic) bond motifs is 1. The fourth-order valence-corrected chi connectivity index (χ4v) is 3.81. The highest BCUT2D eigenvalue weighted by Gasteiger charge is 2.39. The Hall–Kier alpha value is -2.18. The van der Waals surface area contributed by atoms with Crippen LogP contribution in [0.25, 0.3) is 0 Å². The number of hydrogen-bond acceptors (Lipinski definition) is 5. The van der Waals surface area contributed by atoms with Crippen molar-refractivity contribution in [3.05, 3.63) is 17.0 Å². The monoisotopic (exact) mass is 329 g/mol. The number of amides is 2. The number of carbonyl (C=O) groups is 2. The lowest BCUT2D eigenvalue weighted by atomic mass is 9.94. The van der Waals surface area contributed by atoms with Crippen molar-refractivity contribution in [2.45, 2.75) is 51.0 Å².